The molecule has 0 aliphatic heterocycles. The Hall–Kier alpha value is -2.88. The van der Waals surface area contributed by atoms with Gasteiger partial charge in [-0.25, -0.2) is 9.97 Å². The van der Waals surface area contributed by atoms with Crippen LogP contribution in [0.25, 0.3) is 28.4 Å². The number of hydrogen-bond donors (Lipinski definition) is 0. The van der Waals surface area contributed by atoms with Gasteiger partial charge in [0, 0.05) is 29.7 Å². The maximum Gasteiger partial charge on any atom is 0.234 e. The third kappa shape index (κ3) is 1.78. The van der Waals surface area contributed by atoms with Crippen LogP contribution in [-0.4, -0.2) is 14.4 Å². The van der Waals surface area contributed by atoms with Crippen LogP contribution < -0.4 is 0 Å². The lowest BCUT2D eigenvalue weighted by atomic mass is 10.1. The van der Waals surface area contributed by atoms with E-state index in [0.29, 0.717) is 5.78 Å². The van der Waals surface area contributed by atoms with Gasteiger partial charge < -0.3 is 4.42 Å². The van der Waals surface area contributed by atoms with E-state index in [0.717, 1.165) is 22.6 Å². The largest absolute Gasteiger partial charge is 0.464 e. The maximum absolute atomic E-state index is 5.38. The van der Waals surface area contributed by atoms with Crippen LogP contribution in [-0.2, 0) is 0 Å². The third-order valence-corrected chi connectivity index (χ3v) is 3.22. The van der Waals surface area contributed by atoms with Crippen LogP contribution in [0.15, 0.2) is 71.7 Å². The lowest BCUT2D eigenvalue weighted by Gasteiger charge is -1.99. The molecule has 0 radical (unpaired) electrons. The molecule has 3 aromatic heterocycles. The standard InChI is InChI=1S/C16H11N3O/c1-3-15(20-10-1)13-6-4-12(5-7-13)14-11-19-9-2-8-17-16(19)18-14/h1-11H. The summed E-state index contributed by atoms with van der Waals surface area (Å²) in [6.07, 6.45) is 7.34. The van der Waals surface area contributed by atoms with E-state index in [2.05, 4.69) is 9.97 Å². The summed E-state index contributed by atoms with van der Waals surface area (Å²) in [6.45, 7) is 0. The van der Waals surface area contributed by atoms with Crippen LogP contribution >= 0.6 is 0 Å². The lowest BCUT2D eigenvalue weighted by Crippen LogP contribution is -1.83. The minimum absolute atomic E-state index is 0.706. The predicted octanol–water partition coefficient (Wildman–Crippen LogP) is 3.66. The zero-order valence-electron chi connectivity index (χ0n) is 10.6. The second-order valence-electron chi connectivity index (χ2n) is 4.51. The maximum atomic E-state index is 5.38. The number of fused-ring (bicyclic) bond motifs is 1. The van der Waals surface area contributed by atoms with Crippen LogP contribution in [0.3, 0.4) is 0 Å². The normalized spacial score (nSPS) is 11.0. The number of aromatic nitrogens is 3. The Kier molecular flexibility index (Phi) is 2.39. The molecule has 0 saturated carbocycles. The van der Waals surface area contributed by atoms with E-state index in [-0.39, 0.29) is 0 Å². The van der Waals surface area contributed by atoms with E-state index in [1.165, 1.54) is 0 Å². The average Bonchev–Trinajstić information content (AvgIpc) is 3.17. The summed E-state index contributed by atoms with van der Waals surface area (Å²) in [5, 5.41) is 0. The Morgan fingerprint density at radius 1 is 0.950 bits per heavy atom. The van der Waals surface area contributed by atoms with Crippen molar-refractivity contribution in [1.82, 2.24) is 14.4 Å². The Labute approximate surface area is 115 Å². The number of rotatable bonds is 2. The van der Waals surface area contributed by atoms with E-state index in [1.54, 1.807) is 12.5 Å². The summed E-state index contributed by atoms with van der Waals surface area (Å²) < 4.78 is 7.30. The number of furan rings is 1. The van der Waals surface area contributed by atoms with Crippen LogP contribution in [0.4, 0.5) is 0 Å². The summed E-state index contributed by atoms with van der Waals surface area (Å²) in [7, 11) is 0. The molecule has 0 fully saturated rings. The smallest absolute Gasteiger partial charge is 0.234 e. The number of nitrogens with zero attached hydrogens (tertiary/aromatic N) is 3. The molecule has 4 aromatic rings. The minimum atomic E-state index is 0.706. The molecule has 0 N–H and O–H groups in total. The zero-order chi connectivity index (χ0) is 13.4. The van der Waals surface area contributed by atoms with Gasteiger partial charge in [-0.1, -0.05) is 24.3 Å². The first-order chi connectivity index (χ1) is 9.90. The van der Waals surface area contributed by atoms with Gasteiger partial charge in [0.2, 0.25) is 5.78 Å². The first-order valence-electron chi connectivity index (χ1n) is 6.34. The summed E-state index contributed by atoms with van der Waals surface area (Å²) in [6, 6.07) is 13.9. The molecule has 4 nitrogen and oxygen atoms in total. The van der Waals surface area contributed by atoms with E-state index >= 15 is 0 Å². The van der Waals surface area contributed by atoms with E-state index in [9.17, 15) is 0 Å². The van der Waals surface area contributed by atoms with Crippen molar-refractivity contribution >= 4 is 5.78 Å². The average molecular weight is 261 g/mol. The van der Waals surface area contributed by atoms with Crippen molar-refractivity contribution in [2.45, 2.75) is 0 Å². The van der Waals surface area contributed by atoms with Crippen LogP contribution in [0.5, 0.6) is 0 Å². The van der Waals surface area contributed by atoms with Crippen molar-refractivity contribution in [3.63, 3.8) is 0 Å². The van der Waals surface area contributed by atoms with Gasteiger partial charge in [0.1, 0.15) is 5.76 Å². The molecule has 0 spiro atoms. The molecule has 0 aliphatic carbocycles. The molecule has 96 valence electrons. The molecular weight excluding hydrogens is 250 g/mol. The molecule has 1 aromatic carbocycles. The highest BCUT2D eigenvalue weighted by Gasteiger charge is 2.06. The predicted molar refractivity (Wildman–Crippen MR) is 76.1 cm³/mol. The van der Waals surface area contributed by atoms with Gasteiger partial charge in [-0.05, 0) is 18.2 Å². The fourth-order valence-electron chi connectivity index (χ4n) is 2.22. The van der Waals surface area contributed by atoms with E-state index in [1.807, 2.05) is 59.3 Å². The van der Waals surface area contributed by atoms with Crippen LogP contribution in [0, 0.1) is 0 Å². The molecule has 20 heavy (non-hydrogen) atoms. The Morgan fingerprint density at radius 2 is 1.80 bits per heavy atom. The summed E-state index contributed by atoms with van der Waals surface area (Å²) in [5.74, 6) is 1.57. The highest BCUT2D eigenvalue weighted by Crippen LogP contribution is 2.24. The number of hydrogen-bond acceptors (Lipinski definition) is 3. The molecule has 0 saturated heterocycles. The van der Waals surface area contributed by atoms with Crippen molar-refractivity contribution in [3.05, 3.63) is 67.3 Å². The van der Waals surface area contributed by atoms with Gasteiger partial charge in [-0.15, -0.1) is 0 Å². The molecule has 0 unspecified atom stereocenters. The minimum Gasteiger partial charge on any atom is -0.464 e. The van der Waals surface area contributed by atoms with Crippen molar-refractivity contribution in [2.24, 2.45) is 0 Å². The molecule has 3 heterocycles. The molecule has 4 heteroatoms. The second-order valence-corrected chi connectivity index (χ2v) is 4.51. The Morgan fingerprint density at radius 3 is 2.55 bits per heavy atom. The summed E-state index contributed by atoms with van der Waals surface area (Å²) >= 11 is 0. The molecule has 0 amide bonds. The first kappa shape index (κ1) is 11.0. The van der Waals surface area contributed by atoms with Crippen molar-refractivity contribution in [2.75, 3.05) is 0 Å². The van der Waals surface area contributed by atoms with Gasteiger partial charge >= 0.3 is 0 Å². The second kappa shape index (κ2) is 4.35. The van der Waals surface area contributed by atoms with E-state index < -0.39 is 0 Å². The van der Waals surface area contributed by atoms with E-state index in [4.69, 9.17) is 4.42 Å². The molecular formula is C16H11N3O. The van der Waals surface area contributed by atoms with Crippen LogP contribution in [0.1, 0.15) is 0 Å². The quantitative estimate of drug-likeness (QED) is 0.553. The topological polar surface area (TPSA) is 43.3 Å². The Bertz CT molecular complexity index is 812. The lowest BCUT2D eigenvalue weighted by molar-refractivity contribution is 0.582. The van der Waals surface area contributed by atoms with Gasteiger partial charge in [-0.3, -0.25) is 4.40 Å². The zero-order valence-corrected chi connectivity index (χ0v) is 10.6. The molecule has 0 aliphatic rings. The van der Waals surface area contributed by atoms with Gasteiger partial charge in [-0.2, -0.15) is 0 Å². The summed E-state index contributed by atoms with van der Waals surface area (Å²) in [5.41, 5.74) is 3.03. The summed E-state index contributed by atoms with van der Waals surface area (Å²) in [4.78, 5) is 8.73. The van der Waals surface area contributed by atoms with Crippen molar-refractivity contribution < 1.29 is 4.42 Å². The van der Waals surface area contributed by atoms with Gasteiger partial charge in [0.15, 0.2) is 0 Å². The number of imidazole rings is 1. The third-order valence-electron chi connectivity index (χ3n) is 3.22. The fraction of sp³-hybridized carbons (Fsp3) is 0. The molecule has 0 atom stereocenters. The fourth-order valence-corrected chi connectivity index (χ4v) is 2.22. The Balaban J connectivity index is 1.75. The van der Waals surface area contributed by atoms with Crippen molar-refractivity contribution in [3.8, 4) is 22.6 Å². The highest BCUT2D eigenvalue weighted by molar-refractivity contribution is 5.66. The SMILES string of the molecule is c1coc(-c2ccc(-c3cn4cccnc4n3)cc2)c1. The van der Waals surface area contributed by atoms with Gasteiger partial charge in [0.25, 0.3) is 0 Å². The molecule has 0 bridgehead atoms. The van der Waals surface area contributed by atoms with Crippen LogP contribution in [0.2, 0.25) is 0 Å². The first-order valence-corrected chi connectivity index (χ1v) is 6.34. The van der Waals surface area contributed by atoms with Crippen molar-refractivity contribution in [1.29, 1.82) is 0 Å². The highest BCUT2D eigenvalue weighted by atomic mass is 16.3. The number of benzene rings is 1. The molecule has 4 rings (SSSR count). The van der Waals surface area contributed by atoms with Gasteiger partial charge in [0.05, 0.1) is 12.0 Å². The monoisotopic (exact) mass is 261 g/mol.